The minimum Gasteiger partial charge on any atom is -0.618 e. The zero-order valence-electron chi connectivity index (χ0n) is 8.66. The highest BCUT2D eigenvalue weighted by Gasteiger charge is 2.16. The van der Waals surface area contributed by atoms with Crippen molar-refractivity contribution in [2.45, 2.75) is 40.0 Å². The first-order chi connectivity index (χ1) is 6.07. The Hall–Kier alpha value is -1.12. The van der Waals surface area contributed by atoms with Crippen LogP contribution in [0, 0.1) is 19.1 Å². The normalized spacial score (nSPS) is 12.9. The van der Waals surface area contributed by atoms with E-state index >= 15 is 0 Å². The summed E-state index contributed by atoms with van der Waals surface area (Å²) in [6.45, 7) is 7.77. The molecule has 0 saturated heterocycles. The maximum absolute atomic E-state index is 11.7. The smallest absolute Gasteiger partial charge is 0.214 e. The molecule has 0 aliphatic heterocycles. The molecule has 0 fully saturated rings. The first-order valence-corrected chi connectivity index (χ1v) is 4.63. The van der Waals surface area contributed by atoms with Crippen molar-refractivity contribution in [3.63, 3.8) is 0 Å². The Bertz CT molecular complexity index is 310. The van der Waals surface area contributed by atoms with Crippen molar-refractivity contribution < 1.29 is 4.73 Å². The third kappa shape index (κ3) is 1.79. The van der Waals surface area contributed by atoms with Crippen LogP contribution in [0.1, 0.15) is 43.3 Å². The first kappa shape index (κ1) is 9.96. The van der Waals surface area contributed by atoms with Gasteiger partial charge in [-0.15, -0.1) is 0 Å². The molecule has 0 saturated carbocycles. The predicted molar refractivity (Wildman–Crippen MR) is 51.4 cm³/mol. The van der Waals surface area contributed by atoms with Gasteiger partial charge in [0.05, 0.1) is 6.20 Å². The van der Waals surface area contributed by atoms with Crippen molar-refractivity contribution in [2.24, 2.45) is 0 Å². The minimum absolute atomic E-state index is 0.282. The molecule has 3 heteroatoms. The molecule has 13 heavy (non-hydrogen) atoms. The van der Waals surface area contributed by atoms with Crippen molar-refractivity contribution in [2.75, 3.05) is 0 Å². The van der Waals surface area contributed by atoms with Gasteiger partial charge < -0.3 is 5.21 Å². The topological polar surface area (TPSA) is 39.8 Å². The summed E-state index contributed by atoms with van der Waals surface area (Å²) < 4.78 is 0.997. The molecule has 0 amide bonds. The summed E-state index contributed by atoms with van der Waals surface area (Å²) in [5, 5.41) is 11.7. The summed E-state index contributed by atoms with van der Waals surface area (Å²) in [7, 11) is 0. The van der Waals surface area contributed by atoms with Crippen LogP contribution in [0.3, 0.4) is 0 Å². The standard InChI is InChI=1S/C10H16N2O/c1-5-7(2)10-6-11-8(3)9(4)12(10)13/h6-7H,5H2,1-4H3/t7-/m0/s1. The molecule has 1 aromatic rings. The molecule has 0 bridgehead atoms. The number of rotatable bonds is 2. The van der Waals surface area contributed by atoms with E-state index < -0.39 is 0 Å². The van der Waals surface area contributed by atoms with Gasteiger partial charge in [0.1, 0.15) is 5.69 Å². The van der Waals surface area contributed by atoms with E-state index in [1.54, 1.807) is 13.1 Å². The Morgan fingerprint density at radius 1 is 1.54 bits per heavy atom. The number of aromatic nitrogens is 2. The number of nitrogens with zero attached hydrogens (tertiary/aromatic N) is 2. The largest absolute Gasteiger partial charge is 0.618 e. The van der Waals surface area contributed by atoms with E-state index in [1.807, 2.05) is 13.8 Å². The quantitative estimate of drug-likeness (QED) is 0.514. The van der Waals surface area contributed by atoms with Crippen molar-refractivity contribution >= 4 is 0 Å². The minimum atomic E-state index is 0.282. The van der Waals surface area contributed by atoms with Crippen LogP contribution in [-0.2, 0) is 0 Å². The fourth-order valence-electron chi connectivity index (χ4n) is 1.19. The summed E-state index contributed by atoms with van der Waals surface area (Å²) in [5.41, 5.74) is 2.28. The van der Waals surface area contributed by atoms with E-state index in [0.29, 0.717) is 5.69 Å². The average Bonchev–Trinajstić information content (AvgIpc) is 2.13. The lowest BCUT2D eigenvalue weighted by molar-refractivity contribution is -0.623. The molecule has 0 aliphatic carbocycles. The van der Waals surface area contributed by atoms with Gasteiger partial charge in [-0.2, -0.15) is 4.73 Å². The average molecular weight is 180 g/mol. The molecular formula is C10H16N2O. The molecule has 1 heterocycles. The van der Waals surface area contributed by atoms with Gasteiger partial charge in [-0.3, -0.25) is 0 Å². The van der Waals surface area contributed by atoms with Gasteiger partial charge in [-0.05, 0) is 13.3 Å². The number of aryl methyl sites for hydroxylation is 1. The van der Waals surface area contributed by atoms with Gasteiger partial charge in [0.25, 0.3) is 0 Å². The van der Waals surface area contributed by atoms with E-state index in [0.717, 1.165) is 22.5 Å². The van der Waals surface area contributed by atoms with E-state index in [-0.39, 0.29) is 5.92 Å². The molecule has 1 rings (SSSR count). The Balaban J connectivity index is 3.18. The molecule has 0 N–H and O–H groups in total. The van der Waals surface area contributed by atoms with Crippen LogP contribution in [0.4, 0.5) is 0 Å². The summed E-state index contributed by atoms with van der Waals surface area (Å²) in [5.74, 6) is 0.282. The van der Waals surface area contributed by atoms with Crippen LogP contribution >= 0.6 is 0 Å². The van der Waals surface area contributed by atoms with Gasteiger partial charge in [0.2, 0.25) is 11.4 Å². The highest BCUT2D eigenvalue weighted by molar-refractivity contribution is 5.06. The zero-order valence-corrected chi connectivity index (χ0v) is 8.66. The molecule has 0 aliphatic rings. The summed E-state index contributed by atoms with van der Waals surface area (Å²) in [6, 6.07) is 0. The van der Waals surface area contributed by atoms with Gasteiger partial charge in [0, 0.05) is 12.8 Å². The summed E-state index contributed by atoms with van der Waals surface area (Å²) in [6.07, 6.45) is 2.65. The van der Waals surface area contributed by atoms with Crippen LogP contribution in [-0.4, -0.2) is 4.98 Å². The third-order valence-electron chi connectivity index (χ3n) is 2.57. The van der Waals surface area contributed by atoms with Crippen LogP contribution < -0.4 is 4.73 Å². The second kappa shape index (κ2) is 3.73. The van der Waals surface area contributed by atoms with Crippen molar-refractivity contribution in [1.82, 2.24) is 4.98 Å². The highest BCUT2D eigenvalue weighted by Crippen LogP contribution is 2.14. The molecule has 0 unspecified atom stereocenters. The van der Waals surface area contributed by atoms with E-state index in [4.69, 9.17) is 0 Å². The molecule has 3 nitrogen and oxygen atoms in total. The summed E-state index contributed by atoms with van der Waals surface area (Å²) >= 11 is 0. The Morgan fingerprint density at radius 3 is 2.69 bits per heavy atom. The molecule has 1 atom stereocenters. The summed E-state index contributed by atoms with van der Waals surface area (Å²) in [4.78, 5) is 4.19. The van der Waals surface area contributed by atoms with Crippen molar-refractivity contribution in [3.8, 4) is 0 Å². The SMILES string of the molecule is CC[C@H](C)c1cnc(C)c(C)[n+]1[O-]. The lowest BCUT2D eigenvalue weighted by Crippen LogP contribution is -2.37. The fourth-order valence-corrected chi connectivity index (χ4v) is 1.19. The van der Waals surface area contributed by atoms with E-state index in [9.17, 15) is 5.21 Å². The zero-order chi connectivity index (χ0) is 10.0. The van der Waals surface area contributed by atoms with Gasteiger partial charge in [-0.1, -0.05) is 13.8 Å². The highest BCUT2D eigenvalue weighted by atomic mass is 16.5. The molecule has 0 spiro atoms. The van der Waals surface area contributed by atoms with E-state index in [2.05, 4.69) is 11.9 Å². The molecule has 72 valence electrons. The lowest BCUT2D eigenvalue weighted by Gasteiger charge is -2.11. The Morgan fingerprint density at radius 2 is 2.15 bits per heavy atom. The van der Waals surface area contributed by atoms with Gasteiger partial charge >= 0.3 is 0 Å². The van der Waals surface area contributed by atoms with Crippen LogP contribution in [0.15, 0.2) is 6.20 Å². The van der Waals surface area contributed by atoms with Crippen LogP contribution in [0.25, 0.3) is 0 Å². The van der Waals surface area contributed by atoms with Crippen LogP contribution in [0.2, 0.25) is 0 Å². The molecule has 0 radical (unpaired) electrons. The van der Waals surface area contributed by atoms with Crippen LogP contribution in [0.5, 0.6) is 0 Å². The lowest BCUT2D eigenvalue weighted by atomic mass is 10.1. The van der Waals surface area contributed by atoms with Crippen molar-refractivity contribution in [1.29, 1.82) is 0 Å². The third-order valence-corrected chi connectivity index (χ3v) is 2.57. The second-order valence-corrected chi connectivity index (χ2v) is 3.46. The number of hydrogen-bond donors (Lipinski definition) is 0. The maximum atomic E-state index is 11.7. The predicted octanol–water partition coefficient (Wildman–Crippen LogP) is 1.85. The first-order valence-electron chi connectivity index (χ1n) is 4.63. The number of hydrogen-bond acceptors (Lipinski definition) is 2. The van der Waals surface area contributed by atoms with Crippen molar-refractivity contribution in [3.05, 3.63) is 28.5 Å². The molecular weight excluding hydrogens is 164 g/mol. The van der Waals surface area contributed by atoms with E-state index in [1.165, 1.54) is 0 Å². The van der Waals surface area contributed by atoms with Gasteiger partial charge in [-0.25, -0.2) is 4.98 Å². The Labute approximate surface area is 79.0 Å². The molecule has 1 aromatic heterocycles. The Kier molecular flexibility index (Phi) is 2.86. The fraction of sp³-hybridized carbons (Fsp3) is 0.600. The molecule has 0 aromatic carbocycles. The van der Waals surface area contributed by atoms with Gasteiger partial charge in [0.15, 0.2) is 0 Å². The monoisotopic (exact) mass is 180 g/mol. The maximum Gasteiger partial charge on any atom is 0.214 e. The second-order valence-electron chi connectivity index (χ2n) is 3.46.